The summed E-state index contributed by atoms with van der Waals surface area (Å²) in [6, 6.07) is 2.61. The molecule has 0 fully saturated rings. The zero-order valence-corrected chi connectivity index (χ0v) is 20.0. The summed E-state index contributed by atoms with van der Waals surface area (Å²) in [5.74, 6) is -1.29. The number of aliphatic hydroxyl groups excluding tert-OH is 2. The molecule has 0 spiro atoms. The van der Waals surface area contributed by atoms with Crippen molar-refractivity contribution in [2.45, 2.75) is 37.8 Å². The van der Waals surface area contributed by atoms with E-state index in [1.807, 2.05) is 0 Å². The Labute approximate surface area is 211 Å². The zero-order valence-electron chi connectivity index (χ0n) is 17.9. The second-order valence-electron chi connectivity index (χ2n) is 7.92. The Morgan fingerprint density at radius 3 is 2.00 bits per heavy atom. The Bertz CT molecular complexity index is 1140. The van der Waals surface area contributed by atoms with Gasteiger partial charge in [-0.3, -0.25) is 9.97 Å². The van der Waals surface area contributed by atoms with Gasteiger partial charge in [0, 0.05) is 22.4 Å². The quantitative estimate of drug-likeness (QED) is 0.272. The van der Waals surface area contributed by atoms with E-state index < -0.39 is 70.5 Å². The first-order chi connectivity index (χ1) is 16.5. The van der Waals surface area contributed by atoms with E-state index in [1.165, 1.54) is 6.92 Å². The molecule has 198 valence electrons. The number of hydrogen-bond acceptors (Lipinski definition) is 6. The van der Waals surface area contributed by atoms with Gasteiger partial charge in [-0.1, -0.05) is 29.5 Å². The number of anilines is 1. The van der Waals surface area contributed by atoms with Crippen molar-refractivity contribution < 1.29 is 49.7 Å². The van der Waals surface area contributed by atoms with E-state index in [9.17, 15) is 49.7 Å². The predicted molar refractivity (Wildman–Crippen MR) is 116 cm³/mol. The van der Waals surface area contributed by atoms with Crippen LogP contribution < -0.4 is 5.01 Å². The molecule has 1 aliphatic rings. The van der Waals surface area contributed by atoms with Crippen molar-refractivity contribution in [3.05, 3.63) is 53.6 Å². The number of aliphatic hydroxyl groups is 2. The van der Waals surface area contributed by atoms with Crippen LogP contribution in [0.1, 0.15) is 23.9 Å². The van der Waals surface area contributed by atoms with Crippen LogP contribution in [0.5, 0.6) is 0 Å². The largest absolute Gasteiger partial charge is 0.433 e. The highest BCUT2D eigenvalue weighted by molar-refractivity contribution is 14.1. The van der Waals surface area contributed by atoms with Crippen molar-refractivity contribution in [3.8, 4) is 0 Å². The van der Waals surface area contributed by atoms with Gasteiger partial charge in [0.25, 0.3) is 0 Å². The maximum absolute atomic E-state index is 13.9. The second kappa shape index (κ2) is 9.59. The van der Waals surface area contributed by atoms with Crippen molar-refractivity contribution in [1.29, 1.82) is 0 Å². The minimum Gasteiger partial charge on any atom is -0.383 e. The first-order valence-corrected chi connectivity index (χ1v) is 11.4. The van der Waals surface area contributed by atoms with Crippen LogP contribution >= 0.6 is 22.6 Å². The first kappa shape index (κ1) is 28.4. The van der Waals surface area contributed by atoms with E-state index in [4.69, 9.17) is 0 Å². The van der Waals surface area contributed by atoms with Gasteiger partial charge in [-0.25, -0.2) is 5.01 Å². The lowest BCUT2D eigenvalue weighted by atomic mass is 9.66. The van der Waals surface area contributed by atoms with Crippen LogP contribution in [0.3, 0.4) is 0 Å². The molecule has 4 atom stereocenters. The third-order valence-corrected chi connectivity index (χ3v) is 7.03. The fourth-order valence-electron chi connectivity index (χ4n) is 3.96. The molecule has 0 aromatic carbocycles. The molecule has 6 nitrogen and oxygen atoms in total. The van der Waals surface area contributed by atoms with E-state index in [2.05, 4.69) is 15.1 Å². The highest BCUT2D eigenvalue weighted by atomic mass is 127. The van der Waals surface area contributed by atoms with E-state index >= 15 is 0 Å². The average Bonchev–Trinajstić information content (AvgIpc) is 3.10. The van der Waals surface area contributed by atoms with Gasteiger partial charge in [0.1, 0.15) is 11.4 Å². The van der Waals surface area contributed by atoms with Crippen LogP contribution in [0, 0.1) is 11.3 Å². The molecule has 36 heavy (non-hydrogen) atoms. The average molecular weight is 642 g/mol. The SMILES string of the molecule is CC(CI)C1(C(O)C(F)(F)F)C(c2ccnc(C(F)(F)F)c2)=NN(c2ccnc(C(F)(F)F)c2)C1O. The third kappa shape index (κ3) is 4.98. The molecule has 0 bridgehead atoms. The number of halogens is 10. The first-order valence-electron chi connectivity index (χ1n) is 9.89. The van der Waals surface area contributed by atoms with Crippen LogP contribution in [0.4, 0.5) is 45.2 Å². The summed E-state index contributed by atoms with van der Waals surface area (Å²) >= 11 is 1.66. The maximum atomic E-state index is 13.9. The number of hydrazone groups is 1. The summed E-state index contributed by atoms with van der Waals surface area (Å²) in [6.45, 7) is 1.20. The normalized spacial score (nSPS) is 23.0. The van der Waals surface area contributed by atoms with E-state index in [0.717, 1.165) is 12.1 Å². The highest BCUT2D eigenvalue weighted by Crippen LogP contribution is 2.51. The number of hydrogen-bond donors (Lipinski definition) is 2. The van der Waals surface area contributed by atoms with Gasteiger partial charge in [-0.05, 0) is 30.2 Å². The van der Waals surface area contributed by atoms with Crippen LogP contribution in [0.15, 0.2) is 41.8 Å². The van der Waals surface area contributed by atoms with E-state index in [-0.39, 0.29) is 4.43 Å². The molecule has 1 aliphatic heterocycles. The van der Waals surface area contributed by atoms with Crippen molar-refractivity contribution >= 4 is 34.0 Å². The smallest absolute Gasteiger partial charge is 0.383 e. The summed E-state index contributed by atoms with van der Waals surface area (Å²) in [6.07, 6.45) is -19.8. The van der Waals surface area contributed by atoms with Crippen LogP contribution in [-0.4, -0.2) is 48.8 Å². The Hall–Kier alpha value is -2.21. The number of pyridine rings is 2. The molecule has 0 radical (unpaired) electrons. The summed E-state index contributed by atoms with van der Waals surface area (Å²) in [5.41, 5.74) is -7.67. The van der Waals surface area contributed by atoms with E-state index in [0.29, 0.717) is 29.5 Å². The molecule has 2 aromatic rings. The minimum atomic E-state index is -5.40. The van der Waals surface area contributed by atoms with Crippen molar-refractivity contribution in [2.75, 3.05) is 9.44 Å². The number of nitrogens with zero attached hydrogens (tertiary/aromatic N) is 4. The fraction of sp³-hybridized carbons (Fsp3) is 0.450. The molecule has 0 saturated carbocycles. The standard InChI is InChI=1S/C20H16F9IN4O2/c1-9(8-30)17(15(35)20(27,28)29)14(10-2-4-31-12(6-10)18(21,22)23)33-34(16(17)36)11-3-5-32-13(7-11)19(24,25)26/h2-7,9,15-16,35-36H,8H2,1H3. The van der Waals surface area contributed by atoms with Crippen LogP contribution in [-0.2, 0) is 12.4 Å². The Morgan fingerprint density at radius 1 is 0.972 bits per heavy atom. The van der Waals surface area contributed by atoms with Gasteiger partial charge in [0.15, 0.2) is 12.3 Å². The van der Waals surface area contributed by atoms with Crippen LogP contribution in [0.2, 0.25) is 0 Å². The zero-order chi connectivity index (χ0) is 27.3. The highest BCUT2D eigenvalue weighted by Gasteiger charge is 2.66. The summed E-state index contributed by atoms with van der Waals surface area (Å²) in [7, 11) is 0. The molecule has 2 aromatic heterocycles. The molecule has 0 amide bonds. The van der Waals surface area contributed by atoms with Crippen molar-refractivity contribution in [3.63, 3.8) is 0 Å². The number of aromatic nitrogens is 2. The third-order valence-electron chi connectivity index (χ3n) is 5.71. The number of alkyl halides is 10. The van der Waals surface area contributed by atoms with Gasteiger partial charge in [0.2, 0.25) is 0 Å². The van der Waals surface area contributed by atoms with Crippen LogP contribution in [0.25, 0.3) is 0 Å². The molecule has 3 heterocycles. The molecule has 2 N–H and O–H groups in total. The van der Waals surface area contributed by atoms with Gasteiger partial charge in [0.05, 0.1) is 16.8 Å². The van der Waals surface area contributed by atoms with Gasteiger partial charge in [-0.15, -0.1) is 0 Å². The summed E-state index contributed by atoms with van der Waals surface area (Å²) < 4.78 is 121. The molecular weight excluding hydrogens is 626 g/mol. The van der Waals surface area contributed by atoms with Crippen molar-refractivity contribution in [1.82, 2.24) is 9.97 Å². The molecule has 0 saturated heterocycles. The Morgan fingerprint density at radius 2 is 1.50 bits per heavy atom. The topological polar surface area (TPSA) is 81.8 Å². The molecular formula is C20H16F9IN4O2. The Balaban J connectivity index is 2.33. The lowest BCUT2D eigenvalue weighted by Gasteiger charge is -2.43. The number of rotatable bonds is 5. The van der Waals surface area contributed by atoms with Gasteiger partial charge >= 0.3 is 18.5 Å². The van der Waals surface area contributed by atoms with E-state index in [1.54, 1.807) is 22.6 Å². The lowest BCUT2D eigenvalue weighted by Crippen LogP contribution is -2.60. The van der Waals surface area contributed by atoms with Gasteiger partial charge in [-0.2, -0.15) is 44.6 Å². The van der Waals surface area contributed by atoms with Gasteiger partial charge < -0.3 is 10.2 Å². The molecule has 0 aliphatic carbocycles. The monoisotopic (exact) mass is 642 g/mol. The molecule has 4 unspecified atom stereocenters. The lowest BCUT2D eigenvalue weighted by molar-refractivity contribution is -0.245. The molecule has 3 rings (SSSR count). The maximum Gasteiger partial charge on any atom is 0.433 e. The molecule has 16 heteroatoms. The predicted octanol–water partition coefficient (Wildman–Crippen LogP) is 5.04. The fourth-order valence-corrected chi connectivity index (χ4v) is 4.69. The Kier molecular flexibility index (Phi) is 7.55. The van der Waals surface area contributed by atoms with Crippen molar-refractivity contribution in [2.24, 2.45) is 16.4 Å². The minimum absolute atomic E-state index is 0.157. The summed E-state index contributed by atoms with van der Waals surface area (Å²) in [4.78, 5) is 6.29. The second-order valence-corrected chi connectivity index (χ2v) is 8.80. The summed E-state index contributed by atoms with van der Waals surface area (Å²) in [5, 5.41) is 25.9.